The average Bonchev–Trinajstić information content (AvgIpc) is 3.31. The second kappa shape index (κ2) is 50.9. The Balaban J connectivity index is 4.27. The molecular weight excluding hydrogens is 859 g/mol. The van der Waals surface area contributed by atoms with Gasteiger partial charge in [-0.1, -0.05) is 208 Å². The maximum absolute atomic E-state index is 12.8. The van der Waals surface area contributed by atoms with E-state index in [2.05, 4.69) is 98.9 Å². The van der Waals surface area contributed by atoms with Gasteiger partial charge in [0.2, 0.25) is 0 Å². The third-order valence-electron chi connectivity index (χ3n) is 12.3. The fraction of sp³-hybridized carbons (Fsp3) is 0.721. The number of aliphatic carboxylic acids is 1. The Bertz CT molecular complexity index is 1400. The van der Waals surface area contributed by atoms with Gasteiger partial charge in [0.1, 0.15) is 12.6 Å². The van der Waals surface area contributed by atoms with Crippen molar-refractivity contribution in [3.05, 3.63) is 85.1 Å². The Morgan fingerprint density at radius 3 is 1.23 bits per heavy atom. The number of carboxylic acid groups (broad SMARTS) is 1. The zero-order chi connectivity index (χ0) is 50.6. The molecular formula is C61H105NO7. The van der Waals surface area contributed by atoms with E-state index in [0.717, 1.165) is 77.0 Å². The molecule has 69 heavy (non-hydrogen) atoms. The molecule has 0 spiro atoms. The maximum atomic E-state index is 12.8. The average molecular weight is 965 g/mol. The van der Waals surface area contributed by atoms with Crippen LogP contribution in [0.25, 0.3) is 0 Å². The first-order valence-electron chi connectivity index (χ1n) is 28.1. The smallest absolute Gasteiger partial charge is 0.306 e. The number of likely N-dealkylation sites (N-methyl/N-ethyl adjacent to an activating group) is 1. The standard InChI is InChI=1S/C61H105NO7/c1-6-8-10-12-14-16-18-20-22-24-26-28-30-32-33-35-37-39-41-43-45-47-49-51-59(63)68-56-57(55-67-54-53-58(61(65)66)62(3,4)5)69-60(64)52-50-48-46-44-42-40-38-36-34-31-29-27-25-23-21-19-17-15-13-11-9-7-2/h9,11,15,17,21,23,27,29,32-34,36,40,42,57-58H,6-8,10,12-14,16,18-20,22,24-26,28,30-31,35,37-39,41,43-56H2,1-5H3/b11-9+,17-15+,23-21+,29-27+,33-32+,36-34+,42-40+. The molecule has 0 fully saturated rings. The topological polar surface area (TPSA) is 102 Å². The minimum absolute atomic E-state index is 0.0217. The summed E-state index contributed by atoms with van der Waals surface area (Å²) in [4.78, 5) is 37.1. The van der Waals surface area contributed by atoms with Crippen LogP contribution in [0.3, 0.4) is 0 Å². The minimum atomic E-state index is -1.13. The molecule has 0 amide bonds. The number of allylic oxidation sites excluding steroid dienone is 14. The highest BCUT2D eigenvalue weighted by molar-refractivity contribution is 5.70. The first-order chi connectivity index (χ1) is 33.6. The lowest BCUT2D eigenvalue weighted by atomic mass is 10.0. The molecule has 0 saturated heterocycles. The van der Waals surface area contributed by atoms with E-state index in [1.807, 2.05) is 0 Å². The zero-order valence-electron chi connectivity index (χ0n) is 45.2. The third-order valence-corrected chi connectivity index (χ3v) is 12.3. The van der Waals surface area contributed by atoms with Gasteiger partial charge in [-0.3, -0.25) is 9.59 Å². The van der Waals surface area contributed by atoms with Crippen LogP contribution >= 0.6 is 0 Å². The molecule has 0 aromatic rings. The highest BCUT2D eigenvalue weighted by Gasteiger charge is 2.25. The van der Waals surface area contributed by atoms with Gasteiger partial charge in [0.05, 0.1) is 40.3 Å². The summed E-state index contributed by atoms with van der Waals surface area (Å²) in [6.45, 7) is 4.53. The Hall–Kier alpha value is -3.49. The number of hydrogen-bond donors (Lipinski definition) is 0. The van der Waals surface area contributed by atoms with Crippen LogP contribution in [-0.2, 0) is 28.6 Å². The molecule has 0 rings (SSSR count). The van der Waals surface area contributed by atoms with Crippen molar-refractivity contribution in [1.82, 2.24) is 0 Å². The van der Waals surface area contributed by atoms with E-state index in [1.54, 1.807) is 21.1 Å². The van der Waals surface area contributed by atoms with Gasteiger partial charge in [0, 0.05) is 19.3 Å². The summed E-state index contributed by atoms with van der Waals surface area (Å²) in [5.74, 6) is -1.78. The van der Waals surface area contributed by atoms with Crippen LogP contribution < -0.4 is 5.11 Å². The number of unbranched alkanes of at least 4 members (excludes halogenated alkanes) is 22. The lowest BCUT2D eigenvalue weighted by Gasteiger charge is -2.34. The first kappa shape index (κ1) is 65.5. The third kappa shape index (κ3) is 49.3. The lowest BCUT2D eigenvalue weighted by molar-refractivity contribution is -0.889. The fourth-order valence-electron chi connectivity index (χ4n) is 7.95. The van der Waals surface area contributed by atoms with E-state index >= 15 is 0 Å². The normalized spacial score (nSPS) is 13.5. The van der Waals surface area contributed by atoms with Gasteiger partial charge in [0.25, 0.3) is 0 Å². The number of hydrogen-bond acceptors (Lipinski definition) is 7. The SMILES string of the molecule is CC/C=C/C/C=C/C/C=C/C/C=C/C/C=C/C/C=C/CCCCCC(=O)OC(COCCC(C(=O)[O-])[N+](C)(C)C)COC(=O)CCCCCCCCC/C=C/CCCCCCCCCCCCCC. The van der Waals surface area contributed by atoms with Crippen LogP contribution in [0, 0.1) is 0 Å². The van der Waals surface area contributed by atoms with Crippen LogP contribution in [-0.4, -0.2) is 75.5 Å². The molecule has 0 aliphatic rings. The molecule has 0 bridgehead atoms. The highest BCUT2D eigenvalue weighted by Crippen LogP contribution is 2.15. The number of esters is 2. The minimum Gasteiger partial charge on any atom is -0.544 e. The van der Waals surface area contributed by atoms with Crippen molar-refractivity contribution < 1.29 is 38.2 Å². The van der Waals surface area contributed by atoms with Gasteiger partial charge in [0.15, 0.2) is 6.10 Å². The van der Waals surface area contributed by atoms with Crippen molar-refractivity contribution in [3.63, 3.8) is 0 Å². The Morgan fingerprint density at radius 1 is 0.449 bits per heavy atom. The van der Waals surface area contributed by atoms with Gasteiger partial charge >= 0.3 is 11.9 Å². The Kier molecular flexibility index (Phi) is 48.3. The molecule has 0 aromatic carbocycles. The van der Waals surface area contributed by atoms with Crippen molar-refractivity contribution in [3.8, 4) is 0 Å². The van der Waals surface area contributed by atoms with Gasteiger partial charge in [-0.2, -0.15) is 0 Å². The molecule has 8 nitrogen and oxygen atoms in total. The molecule has 0 saturated carbocycles. The highest BCUT2D eigenvalue weighted by atomic mass is 16.6. The van der Waals surface area contributed by atoms with Gasteiger partial charge < -0.3 is 28.6 Å². The summed E-state index contributed by atoms with van der Waals surface area (Å²) in [6.07, 6.45) is 67.7. The molecule has 2 unspecified atom stereocenters. The van der Waals surface area contributed by atoms with Gasteiger partial charge in [-0.15, -0.1) is 0 Å². The monoisotopic (exact) mass is 964 g/mol. The molecule has 0 N–H and O–H groups in total. The van der Waals surface area contributed by atoms with Crippen LogP contribution in [0.2, 0.25) is 0 Å². The molecule has 0 heterocycles. The van der Waals surface area contributed by atoms with Gasteiger partial charge in [-0.25, -0.2) is 0 Å². The largest absolute Gasteiger partial charge is 0.544 e. The van der Waals surface area contributed by atoms with E-state index in [4.69, 9.17) is 14.2 Å². The van der Waals surface area contributed by atoms with Crippen LogP contribution in [0.4, 0.5) is 0 Å². The molecule has 0 aliphatic carbocycles. The van der Waals surface area contributed by atoms with Crippen LogP contribution in [0.1, 0.15) is 232 Å². The Morgan fingerprint density at radius 2 is 0.812 bits per heavy atom. The van der Waals surface area contributed by atoms with Crippen molar-refractivity contribution in [2.45, 2.75) is 244 Å². The quantitative estimate of drug-likeness (QED) is 0.0259. The number of quaternary nitrogens is 1. The number of rotatable bonds is 50. The molecule has 0 aliphatic heterocycles. The van der Waals surface area contributed by atoms with E-state index in [0.29, 0.717) is 12.8 Å². The van der Waals surface area contributed by atoms with Crippen molar-refractivity contribution in [2.24, 2.45) is 0 Å². The van der Waals surface area contributed by atoms with Crippen molar-refractivity contribution in [2.75, 3.05) is 41.0 Å². The van der Waals surface area contributed by atoms with Gasteiger partial charge in [-0.05, 0) is 89.9 Å². The van der Waals surface area contributed by atoms with Crippen molar-refractivity contribution in [1.29, 1.82) is 0 Å². The second-order valence-corrected chi connectivity index (χ2v) is 19.8. The maximum Gasteiger partial charge on any atom is 0.306 e. The lowest BCUT2D eigenvalue weighted by Crippen LogP contribution is -2.55. The van der Waals surface area contributed by atoms with Crippen LogP contribution in [0.15, 0.2) is 85.1 Å². The molecule has 0 radical (unpaired) electrons. The van der Waals surface area contributed by atoms with E-state index in [9.17, 15) is 19.5 Å². The van der Waals surface area contributed by atoms with Crippen molar-refractivity contribution >= 4 is 17.9 Å². The molecule has 0 aromatic heterocycles. The summed E-state index contributed by atoms with van der Waals surface area (Å²) >= 11 is 0. The number of carboxylic acids is 1. The summed E-state index contributed by atoms with van der Waals surface area (Å²) in [5.41, 5.74) is 0. The summed E-state index contributed by atoms with van der Waals surface area (Å²) < 4.78 is 17.2. The number of nitrogens with zero attached hydrogens (tertiary/aromatic N) is 1. The van der Waals surface area contributed by atoms with E-state index < -0.39 is 18.1 Å². The van der Waals surface area contributed by atoms with E-state index in [-0.39, 0.29) is 49.1 Å². The van der Waals surface area contributed by atoms with E-state index in [1.165, 1.54) is 116 Å². The predicted octanol–water partition coefficient (Wildman–Crippen LogP) is 15.5. The molecule has 396 valence electrons. The first-order valence-corrected chi connectivity index (χ1v) is 28.1. The summed E-state index contributed by atoms with van der Waals surface area (Å²) in [7, 11) is 5.40. The zero-order valence-corrected chi connectivity index (χ0v) is 45.2. The number of carbonyl (C=O) groups is 3. The summed E-state index contributed by atoms with van der Waals surface area (Å²) in [6, 6.07) is -0.738. The number of carbonyl (C=O) groups excluding carboxylic acids is 3. The molecule has 2 atom stereocenters. The number of ether oxygens (including phenoxy) is 3. The molecule has 8 heteroatoms. The predicted molar refractivity (Wildman–Crippen MR) is 291 cm³/mol. The second-order valence-electron chi connectivity index (χ2n) is 19.8. The van der Waals surface area contributed by atoms with Crippen LogP contribution in [0.5, 0.6) is 0 Å². The summed E-state index contributed by atoms with van der Waals surface area (Å²) in [5, 5.41) is 11.7. The Labute approximate surface area is 424 Å². The fourth-order valence-corrected chi connectivity index (χ4v) is 7.95.